The molecule has 1 unspecified atom stereocenters. The van der Waals surface area contributed by atoms with Crippen molar-refractivity contribution in [3.8, 4) is 0 Å². The molecular weight excluding hydrogens is 290 g/mol. The van der Waals surface area contributed by atoms with E-state index in [0.29, 0.717) is 31.3 Å². The lowest BCUT2D eigenvalue weighted by Crippen LogP contribution is -2.40. The predicted octanol–water partition coefficient (Wildman–Crippen LogP) is 1.42. The van der Waals surface area contributed by atoms with Crippen LogP contribution in [0, 0.1) is 12.8 Å². The average Bonchev–Trinajstić information content (AvgIpc) is 3.06. The zero-order valence-corrected chi connectivity index (χ0v) is 12.8. The molecule has 3 heterocycles. The molecule has 2 aliphatic rings. The smallest absolute Gasteiger partial charge is 0.231 e. The Morgan fingerprint density at radius 1 is 1.48 bits per heavy atom. The number of thiazole rings is 1. The highest BCUT2D eigenvalue weighted by atomic mass is 32.1. The van der Waals surface area contributed by atoms with E-state index in [9.17, 15) is 9.59 Å². The first-order valence-electron chi connectivity index (χ1n) is 7.24. The maximum absolute atomic E-state index is 12.2. The molecule has 114 valence electrons. The molecule has 1 atom stereocenters. The summed E-state index contributed by atoms with van der Waals surface area (Å²) < 4.78 is 5.33. The maximum Gasteiger partial charge on any atom is 0.231 e. The summed E-state index contributed by atoms with van der Waals surface area (Å²) in [4.78, 5) is 31.4. The number of anilines is 1. The summed E-state index contributed by atoms with van der Waals surface area (Å²) >= 11 is 1.45. The number of likely N-dealkylation sites (tertiary alicyclic amines) is 1. The topological polar surface area (TPSA) is 71.5 Å². The Bertz CT molecular complexity index is 539. The summed E-state index contributed by atoms with van der Waals surface area (Å²) in [7, 11) is 0. The van der Waals surface area contributed by atoms with Crippen LogP contribution in [0.4, 0.5) is 5.13 Å². The van der Waals surface area contributed by atoms with Gasteiger partial charge in [0.25, 0.3) is 0 Å². The van der Waals surface area contributed by atoms with Gasteiger partial charge in [-0.25, -0.2) is 4.98 Å². The monoisotopic (exact) mass is 309 g/mol. The number of nitrogens with zero attached hydrogens (tertiary/aromatic N) is 2. The SMILES string of the molecule is Cc1cnc(NC(=O)C2CC(=O)N(C3CCOCC3)C2)s1. The lowest BCUT2D eigenvalue weighted by Gasteiger charge is -2.31. The number of aromatic nitrogens is 1. The minimum atomic E-state index is -0.274. The molecule has 0 aromatic carbocycles. The quantitative estimate of drug-likeness (QED) is 0.916. The normalized spacial score (nSPS) is 23.6. The van der Waals surface area contributed by atoms with Crippen LogP contribution in [-0.4, -0.2) is 47.5 Å². The fourth-order valence-electron chi connectivity index (χ4n) is 2.88. The first-order chi connectivity index (χ1) is 10.1. The van der Waals surface area contributed by atoms with Gasteiger partial charge in [-0.1, -0.05) is 0 Å². The van der Waals surface area contributed by atoms with Crippen LogP contribution in [0.2, 0.25) is 0 Å². The van der Waals surface area contributed by atoms with Crippen molar-refractivity contribution in [1.82, 2.24) is 9.88 Å². The van der Waals surface area contributed by atoms with Gasteiger partial charge in [-0.05, 0) is 19.8 Å². The van der Waals surface area contributed by atoms with Crippen LogP contribution < -0.4 is 5.32 Å². The largest absolute Gasteiger partial charge is 0.381 e. The van der Waals surface area contributed by atoms with Crippen LogP contribution >= 0.6 is 11.3 Å². The van der Waals surface area contributed by atoms with E-state index >= 15 is 0 Å². The fourth-order valence-corrected chi connectivity index (χ4v) is 3.54. The number of amides is 2. The Labute approximate surface area is 127 Å². The van der Waals surface area contributed by atoms with Crippen molar-refractivity contribution in [2.75, 3.05) is 25.1 Å². The molecule has 0 saturated carbocycles. The molecule has 0 bridgehead atoms. The number of carbonyl (C=O) groups is 2. The number of hydrogen-bond donors (Lipinski definition) is 1. The highest BCUT2D eigenvalue weighted by molar-refractivity contribution is 7.15. The van der Waals surface area contributed by atoms with Gasteiger partial charge in [-0.15, -0.1) is 11.3 Å². The molecule has 2 amide bonds. The van der Waals surface area contributed by atoms with E-state index in [4.69, 9.17) is 4.74 Å². The number of nitrogens with one attached hydrogen (secondary N) is 1. The molecular formula is C14H19N3O3S. The predicted molar refractivity (Wildman–Crippen MR) is 79.1 cm³/mol. The van der Waals surface area contributed by atoms with Gasteiger partial charge in [0.1, 0.15) is 0 Å². The van der Waals surface area contributed by atoms with Gasteiger partial charge in [0.05, 0.1) is 5.92 Å². The van der Waals surface area contributed by atoms with E-state index in [0.717, 1.165) is 17.7 Å². The summed E-state index contributed by atoms with van der Waals surface area (Å²) in [5.74, 6) is -0.297. The molecule has 2 aliphatic heterocycles. The Hall–Kier alpha value is -1.47. The molecule has 7 heteroatoms. The summed E-state index contributed by atoms with van der Waals surface area (Å²) in [6.45, 7) is 3.85. The number of carbonyl (C=O) groups excluding carboxylic acids is 2. The summed E-state index contributed by atoms with van der Waals surface area (Å²) in [6.07, 6.45) is 3.76. The van der Waals surface area contributed by atoms with E-state index < -0.39 is 0 Å². The van der Waals surface area contributed by atoms with Crippen LogP contribution in [0.3, 0.4) is 0 Å². The third-order valence-corrected chi connectivity index (χ3v) is 4.84. The molecule has 0 aliphatic carbocycles. The molecule has 1 aromatic rings. The Balaban J connectivity index is 1.59. The zero-order valence-electron chi connectivity index (χ0n) is 12.0. The second-order valence-electron chi connectivity index (χ2n) is 5.56. The lowest BCUT2D eigenvalue weighted by molar-refractivity contribution is -0.131. The first-order valence-corrected chi connectivity index (χ1v) is 8.05. The maximum atomic E-state index is 12.2. The van der Waals surface area contributed by atoms with E-state index in [1.165, 1.54) is 11.3 Å². The third kappa shape index (κ3) is 3.24. The van der Waals surface area contributed by atoms with Crippen LogP contribution in [-0.2, 0) is 14.3 Å². The van der Waals surface area contributed by atoms with E-state index in [1.54, 1.807) is 6.20 Å². The first kappa shape index (κ1) is 14.5. The van der Waals surface area contributed by atoms with Crippen LogP contribution in [0.15, 0.2) is 6.20 Å². The van der Waals surface area contributed by atoms with Crippen LogP contribution in [0.25, 0.3) is 0 Å². The molecule has 3 rings (SSSR count). The summed E-state index contributed by atoms with van der Waals surface area (Å²) in [6, 6.07) is 0.228. The van der Waals surface area contributed by atoms with Crippen molar-refractivity contribution in [3.05, 3.63) is 11.1 Å². The van der Waals surface area contributed by atoms with E-state index in [1.807, 2.05) is 11.8 Å². The number of ether oxygens (including phenoxy) is 1. The third-order valence-electron chi connectivity index (χ3n) is 4.01. The highest BCUT2D eigenvalue weighted by Crippen LogP contribution is 2.26. The standard InChI is InChI=1S/C14H19N3O3S/c1-9-7-15-14(21-9)16-13(19)10-6-12(18)17(8-10)11-2-4-20-5-3-11/h7,10-11H,2-6,8H2,1H3,(H,15,16,19). The van der Waals surface area contributed by atoms with E-state index in [-0.39, 0.29) is 23.8 Å². The minimum absolute atomic E-state index is 0.0809. The van der Waals surface area contributed by atoms with Gasteiger partial charge in [0.15, 0.2) is 5.13 Å². The summed E-state index contributed by atoms with van der Waals surface area (Å²) in [5, 5.41) is 3.42. The van der Waals surface area contributed by atoms with Crippen molar-refractivity contribution in [1.29, 1.82) is 0 Å². The Morgan fingerprint density at radius 3 is 2.90 bits per heavy atom. The molecule has 2 fully saturated rings. The van der Waals surface area contributed by atoms with Crippen molar-refractivity contribution < 1.29 is 14.3 Å². The molecule has 21 heavy (non-hydrogen) atoms. The van der Waals surface area contributed by atoms with Gasteiger partial charge >= 0.3 is 0 Å². The average molecular weight is 309 g/mol. The second-order valence-corrected chi connectivity index (χ2v) is 6.79. The highest BCUT2D eigenvalue weighted by Gasteiger charge is 2.38. The van der Waals surface area contributed by atoms with Gasteiger partial charge in [0.2, 0.25) is 11.8 Å². The molecule has 1 N–H and O–H groups in total. The minimum Gasteiger partial charge on any atom is -0.381 e. The van der Waals surface area contributed by atoms with Gasteiger partial charge in [0, 0.05) is 43.3 Å². The van der Waals surface area contributed by atoms with Crippen molar-refractivity contribution in [2.24, 2.45) is 5.92 Å². The number of aryl methyl sites for hydroxylation is 1. The molecule has 2 saturated heterocycles. The fraction of sp³-hybridized carbons (Fsp3) is 0.643. The van der Waals surface area contributed by atoms with Gasteiger partial charge < -0.3 is 15.0 Å². The van der Waals surface area contributed by atoms with Gasteiger partial charge in [-0.3, -0.25) is 9.59 Å². The van der Waals surface area contributed by atoms with Crippen molar-refractivity contribution >= 4 is 28.3 Å². The van der Waals surface area contributed by atoms with Crippen molar-refractivity contribution in [2.45, 2.75) is 32.2 Å². The zero-order chi connectivity index (χ0) is 14.8. The summed E-state index contributed by atoms with van der Waals surface area (Å²) in [5.41, 5.74) is 0. The number of hydrogen-bond acceptors (Lipinski definition) is 5. The van der Waals surface area contributed by atoms with Crippen LogP contribution in [0.1, 0.15) is 24.1 Å². The molecule has 6 nitrogen and oxygen atoms in total. The van der Waals surface area contributed by atoms with E-state index in [2.05, 4.69) is 10.3 Å². The van der Waals surface area contributed by atoms with Gasteiger partial charge in [-0.2, -0.15) is 0 Å². The second kappa shape index (κ2) is 6.11. The molecule has 0 radical (unpaired) electrons. The number of rotatable bonds is 3. The van der Waals surface area contributed by atoms with Crippen molar-refractivity contribution in [3.63, 3.8) is 0 Å². The lowest BCUT2D eigenvalue weighted by atomic mass is 10.1. The Morgan fingerprint density at radius 2 is 2.24 bits per heavy atom. The van der Waals surface area contributed by atoms with Crippen LogP contribution in [0.5, 0.6) is 0 Å². The molecule has 1 aromatic heterocycles. The Kier molecular flexibility index (Phi) is 4.21. The molecule has 0 spiro atoms.